The number of nitro groups is 1. The summed E-state index contributed by atoms with van der Waals surface area (Å²) in [5.41, 5.74) is 1.07. The molecule has 19 heavy (non-hydrogen) atoms. The van der Waals surface area contributed by atoms with E-state index in [9.17, 15) is 10.1 Å². The number of aromatic nitrogens is 1. The number of hydrogen-bond donors (Lipinski definition) is 1. The molecule has 0 aliphatic carbocycles. The van der Waals surface area contributed by atoms with E-state index in [1.54, 1.807) is 18.2 Å². The van der Waals surface area contributed by atoms with Crippen LogP contribution in [0, 0.1) is 10.1 Å². The van der Waals surface area contributed by atoms with Gasteiger partial charge in [0.1, 0.15) is 11.9 Å². The number of rotatable bonds is 4. The van der Waals surface area contributed by atoms with Crippen LogP contribution in [0.5, 0.6) is 0 Å². The van der Waals surface area contributed by atoms with Gasteiger partial charge in [0.15, 0.2) is 0 Å². The van der Waals surface area contributed by atoms with Crippen LogP contribution in [-0.4, -0.2) is 9.91 Å². The van der Waals surface area contributed by atoms with Gasteiger partial charge in [0.2, 0.25) is 0 Å². The summed E-state index contributed by atoms with van der Waals surface area (Å²) in [6.45, 7) is 0.338. The molecule has 0 amide bonds. The summed E-state index contributed by atoms with van der Waals surface area (Å²) >= 11 is 11.9. The molecule has 0 bridgehead atoms. The van der Waals surface area contributed by atoms with E-state index in [2.05, 4.69) is 10.3 Å². The van der Waals surface area contributed by atoms with Gasteiger partial charge < -0.3 is 5.32 Å². The van der Waals surface area contributed by atoms with E-state index < -0.39 is 4.92 Å². The predicted octanol–water partition coefficient (Wildman–Crippen LogP) is 3.91. The molecule has 0 aliphatic rings. The number of nitrogens with one attached hydrogen (secondary N) is 1. The van der Waals surface area contributed by atoms with Crippen molar-refractivity contribution in [1.82, 2.24) is 4.98 Å². The Kier molecular flexibility index (Phi) is 4.19. The average molecular weight is 298 g/mol. The summed E-state index contributed by atoms with van der Waals surface area (Å²) in [6, 6.07) is 6.62. The Bertz CT molecular complexity index is 620. The number of nitrogens with zero attached hydrogens (tertiary/aromatic N) is 2. The van der Waals surface area contributed by atoms with Crippen molar-refractivity contribution in [3.8, 4) is 0 Å². The van der Waals surface area contributed by atoms with E-state index in [1.165, 1.54) is 18.5 Å². The molecule has 98 valence electrons. The number of anilines is 1. The molecule has 1 heterocycles. The maximum atomic E-state index is 10.8. The van der Waals surface area contributed by atoms with Crippen LogP contribution in [0.1, 0.15) is 5.56 Å². The fourth-order valence-corrected chi connectivity index (χ4v) is 1.93. The van der Waals surface area contributed by atoms with Crippen LogP contribution < -0.4 is 5.32 Å². The number of pyridine rings is 1. The monoisotopic (exact) mass is 297 g/mol. The third-order valence-corrected chi connectivity index (χ3v) is 3.08. The zero-order valence-electron chi connectivity index (χ0n) is 9.64. The molecule has 1 aromatic carbocycles. The highest BCUT2D eigenvalue weighted by Gasteiger charge is 2.13. The molecule has 5 nitrogen and oxygen atoms in total. The van der Waals surface area contributed by atoms with Crippen molar-refractivity contribution >= 4 is 34.6 Å². The van der Waals surface area contributed by atoms with Gasteiger partial charge in [-0.2, -0.15) is 0 Å². The third-order valence-electron chi connectivity index (χ3n) is 2.47. The molecule has 0 aliphatic heterocycles. The van der Waals surface area contributed by atoms with Gasteiger partial charge in [0.25, 0.3) is 0 Å². The van der Waals surface area contributed by atoms with E-state index in [0.717, 1.165) is 5.56 Å². The molecule has 0 radical (unpaired) electrons. The van der Waals surface area contributed by atoms with Crippen LogP contribution in [0.15, 0.2) is 36.7 Å². The smallest absolute Gasteiger partial charge is 0.310 e. The maximum Gasteiger partial charge on any atom is 0.310 e. The lowest BCUT2D eigenvalue weighted by atomic mass is 10.2. The molecular formula is C12H9Cl2N3O2. The zero-order chi connectivity index (χ0) is 13.8. The summed E-state index contributed by atoms with van der Waals surface area (Å²) < 4.78 is 0. The lowest BCUT2D eigenvalue weighted by Crippen LogP contribution is -2.03. The summed E-state index contributed by atoms with van der Waals surface area (Å²) in [5, 5.41) is 14.9. The predicted molar refractivity (Wildman–Crippen MR) is 74.7 cm³/mol. The highest BCUT2D eigenvalue weighted by Crippen LogP contribution is 2.25. The zero-order valence-corrected chi connectivity index (χ0v) is 11.1. The normalized spacial score (nSPS) is 10.2. The minimum atomic E-state index is -0.491. The van der Waals surface area contributed by atoms with Crippen LogP contribution in [-0.2, 0) is 6.54 Å². The second-order valence-electron chi connectivity index (χ2n) is 3.74. The first-order chi connectivity index (χ1) is 9.08. The van der Waals surface area contributed by atoms with Crippen molar-refractivity contribution in [2.24, 2.45) is 0 Å². The number of halogens is 2. The number of hydrogen-bond acceptors (Lipinski definition) is 4. The molecule has 7 heteroatoms. The Morgan fingerprint density at radius 1 is 1.32 bits per heavy atom. The maximum absolute atomic E-state index is 10.8. The topological polar surface area (TPSA) is 68.1 Å². The quantitative estimate of drug-likeness (QED) is 0.686. The fraction of sp³-hybridized carbons (Fsp3) is 0.0833. The van der Waals surface area contributed by atoms with E-state index in [1.807, 2.05) is 0 Å². The van der Waals surface area contributed by atoms with Gasteiger partial charge in [-0.3, -0.25) is 15.1 Å². The Morgan fingerprint density at radius 3 is 2.84 bits per heavy atom. The summed E-state index contributed by atoms with van der Waals surface area (Å²) in [5.74, 6) is 0. The van der Waals surface area contributed by atoms with Gasteiger partial charge in [-0.1, -0.05) is 23.2 Å². The second-order valence-corrected chi connectivity index (χ2v) is 4.58. The van der Waals surface area contributed by atoms with Gasteiger partial charge >= 0.3 is 5.69 Å². The van der Waals surface area contributed by atoms with Crippen molar-refractivity contribution in [2.75, 3.05) is 5.32 Å². The van der Waals surface area contributed by atoms with E-state index in [4.69, 9.17) is 23.2 Å². The van der Waals surface area contributed by atoms with Crippen molar-refractivity contribution < 1.29 is 4.92 Å². The van der Waals surface area contributed by atoms with E-state index in [-0.39, 0.29) is 5.69 Å². The van der Waals surface area contributed by atoms with E-state index >= 15 is 0 Å². The van der Waals surface area contributed by atoms with Crippen LogP contribution in [0.3, 0.4) is 0 Å². The van der Waals surface area contributed by atoms with E-state index in [0.29, 0.717) is 22.3 Å². The molecule has 0 spiro atoms. The Hall–Kier alpha value is -1.85. The lowest BCUT2D eigenvalue weighted by Gasteiger charge is -2.08. The number of benzene rings is 1. The highest BCUT2D eigenvalue weighted by atomic mass is 35.5. The van der Waals surface area contributed by atoms with Crippen LogP contribution in [0.4, 0.5) is 11.4 Å². The first kappa shape index (κ1) is 13.6. The summed E-state index contributed by atoms with van der Waals surface area (Å²) in [6.07, 6.45) is 2.68. The Balaban J connectivity index is 2.19. The minimum absolute atomic E-state index is 0.0827. The minimum Gasteiger partial charge on any atom is -0.375 e. The molecule has 0 unspecified atom stereocenters. The molecule has 0 saturated carbocycles. The second kappa shape index (κ2) is 5.86. The Labute approximate surface area is 119 Å². The highest BCUT2D eigenvalue weighted by molar-refractivity contribution is 6.33. The molecule has 0 saturated heterocycles. The first-order valence-corrected chi connectivity index (χ1v) is 6.09. The summed E-state index contributed by atoms with van der Waals surface area (Å²) in [7, 11) is 0. The lowest BCUT2D eigenvalue weighted by molar-refractivity contribution is -0.384. The van der Waals surface area contributed by atoms with Crippen molar-refractivity contribution in [3.05, 3.63) is 62.4 Å². The Morgan fingerprint density at radius 2 is 2.11 bits per heavy atom. The summed E-state index contributed by atoms with van der Waals surface area (Å²) in [4.78, 5) is 14.1. The molecule has 0 fully saturated rings. The van der Waals surface area contributed by atoms with Gasteiger partial charge in [0.05, 0.1) is 4.92 Å². The molecule has 0 atom stereocenters. The van der Waals surface area contributed by atoms with Crippen LogP contribution in [0.25, 0.3) is 0 Å². The van der Waals surface area contributed by atoms with Gasteiger partial charge in [-0.05, 0) is 29.8 Å². The molecule has 1 N–H and O–H groups in total. The fourth-order valence-electron chi connectivity index (χ4n) is 1.55. The van der Waals surface area contributed by atoms with Gasteiger partial charge in [-0.15, -0.1) is 0 Å². The molecule has 2 aromatic rings. The molecular weight excluding hydrogens is 289 g/mol. The van der Waals surface area contributed by atoms with Crippen molar-refractivity contribution in [2.45, 2.75) is 6.54 Å². The van der Waals surface area contributed by atoms with Crippen LogP contribution >= 0.6 is 23.2 Å². The molecule has 1 aromatic heterocycles. The third kappa shape index (κ3) is 3.33. The standard InChI is InChI=1S/C12H9Cl2N3O2/c13-9-1-2-10(14)8(5-9)6-16-11-3-4-15-7-12(11)17(18)19/h1-5,7H,6H2,(H,15,16). The molecule has 2 rings (SSSR count). The van der Waals surface area contributed by atoms with Gasteiger partial charge in [-0.25, -0.2) is 0 Å². The average Bonchev–Trinajstić information content (AvgIpc) is 2.40. The first-order valence-electron chi connectivity index (χ1n) is 5.34. The largest absolute Gasteiger partial charge is 0.375 e. The van der Waals surface area contributed by atoms with Crippen molar-refractivity contribution in [1.29, 1.82) is 0 Å². The van der Waals surface area contributed by atoms with Crippen LogP contribution in [0.2, 0.25) is 10.0 Å². The SMILES string of the molecule is O=[N+]([O-])c1cnccc1NCc1cc(Cl)ccc1Cl. The van der Waals surface area contributed by atoms with Crippen molar-refractivity contribution in [3.63, 3.8) is 0 Å². The van der Waals surface area contributed by atoms with Gasteiger partial charge in [0, 0.05) is 22.8 Å².